The first-order valence-electron chi connectivity index (χ1n) is 8.92. The molecule has 0 fully saturated rings. The van der Waals surface area contributed by atoms with Crippen molar-refractivity contribution in [2.45, 2.75) is 32.6 Å². The van der Waals surface area contributed by atoms with Crippen LogP contribution in [0.2, 0.25) is 0 Å². The molecule has 26 heavy (non-hydrogen) atoms. The van der Waals surface area contributed by atoms with Crippen molar-refractivity contribution in [3.63, 3.8) is 0 Å². The molecule has 140 valence electrons. The molecule has 1 atom stereocenters. The highest BCUT2D eigenvalue weighted by molar-refractivity contribution is 5.79. The van der Waals surface area contributed by atoms with Crippen molar-refractivity contribution in [2.24, 2.45) is 4.99 Å². The summed E-state index contributed by atoms with van der Waals surface area (Å²) in [6.07, 6.45) is 0. The molecule has 0 aliphatic heterocycles. The van der Waals surface area contributed by atoms with E-state index in [9.17, 15) is 5.11 Å². The van der Waals surface area contributed by atoms with Crippen LogP contribution in [0.4, 0.5) is 0 Å². The molecule has 2 aromatic carbocycles. The monoisotopic (exact) mass is 355 g/mol. The van der Waals surface area contributed by atoms with E-state index in [-0.39, 0.29) is 0 Å². The molecule has 0 bridgehead atoms. The summed E-state index contributed by atoms with van der Waals surface area (Å²) < 4.78 is 5.13. The summed E-state index contributed by atoms with van der Waals surface area (Å²) in [6.45, 7) is 6.12. The van der Waals surface area contributed by atoms with Crippen LogP contribution in [-0.2, 0) is 23.5 Å². The number of hydrogen-bond acceptors (Lipinski definition) is 3. The number of aliphatic imine (C=N–C) groups is 1. The Morgan fingerprint density at radius 3 is 2.31 bits per heavy atom. The Morgan fingerprint density at radius 2 is 1.69 bits per heavy atom. The summed E-state index contributed by atoms with van der Waals surface area (Å²) in [5.41, 5.74) is 2.16. The third-order valence-corrected chi connectivity index (χ3v) is 4.09. The van der Waals surface area contributed by atoms with Crippen LogP contribution in [0.1, 0.15) is 30.5 Å². The van der Waals surface area contributed by atoms with Crippen LogP contribution in [0.3, 0.4) is 0 Å². The van der Waals surface area contributed by atoms with Crippen LogP contribution in [-0.4, -0.2) is 31.3 Å². The van der Waals surface area contributed by atoms with Gasteiger partial charge in [-0.2, -0.15) is 0 Å². The van der Waals surface area contributed by atoms with Crippen molar-refractivity contribution >= 4 is 5.96 Å². The third-order valence-electron chi connectivity index (χ3n) is 4.09. The first-order chi connectivity index (χ1) is 12.5. The van der Waals surface area contributed by atoms with Crippen LogP contribution in [0.25, 0.3) is 0 Å². The smallest absolute Gasteiger partial charge is 0.191 e. The van der Waals surface area contributed by atoms with Crippen molar-refractivity contribution in [3.8, 4) is 0 Å². The van der Waals surface area contributed by atoms with E-state index in [1.165, 1.54) is 0 Å². The van der Waals surface area contributed by atoms with Gasteiger partial charge in [0.05, 0.1) is 19.7 Å². The number of benzene rings is 2. The lowest BCUT2D eigenvalue weighted by Crippen LogP contribution is -2.44. The predicted molar refractivity (Wildman–Crippen MR) is 106 cm³/mol. The molecule has 1 unspecified atom stereocenters. The molecule has 0 aliphatic carbocycles. The fourth-order valence-electron chi connectivity index (χ4n) is 2.57. The van der Waals surface area contributed by atoms with Gasteiger partial charge in [0.25, 0.3) is 0 Å². The Bertz CT molecular complexity index is 682. The SMILES string of the molecule is CCNC(=NCc1ccc(COC)cc1)NCC(C)(O)c1ccccc1. The molecule has 2 rings (SSSR count). The molecule has 0 aromatic heterocycles. The second-order valence-electron chi connectivity index (χ2n) is 6.44. The molecule has 0 amide bonds. The zero-order valence-electron chi connectivity index (χ0n) is 15.8. The average Bonchev–Trinajstić information content (AvgIpc) is 2.66. The van der Waals surface area contributed by atoms with E-state index in [0.717, 1.165) is 23.2 Å². The van der Waals surface area contributed by atoms with Gasteiger partial charge < -0.3 is 20.5 Å². The van der Waals surface area contributed by atoms with Crippen LogP contribution in [0.15, 0.2) is 59.6 Å². The standard InChI is InChI=1S/C21H29N3O2/c1-4-22-20(23-14-17-10-12-18(13-11-17)15-26-3)24-16-21(2,25)19-8-6-5-7-9-19/h5-13,25H,4,14-16H2,1-3H3,(H2,22,23,24). The van der Waals surface area contributed by atoms with Gasteiger partial charge in [-0.1, -0.05) is 54.6 Å². The maximum absolute atomic E-state index is 10.7. The maximum Gasteiger partial charge on any atom is 0.191 e. The van der Waals surface area contributed by atoms with Gasteiger partial charge >= 0.3 is 0 Å². The van der Waals surface area contributed by atoms with Crippen molar-refractivity contribution in [2.75, 3.05) is 20.2 Å². The molecule has 0 aliphatic rings. The lowest BCUT2D eigenvalue weighted by molar-refractivity contribution is 0.0617. The minimum absolute atomic E-state index is 0.371. The zero-order chi connectivity index (χ0) is 18.8. The second kappa shape index (κ2) is 9.94. The van der Waals surface area contributed by atoms with E-state index in [2.05, 4.69) is 39.9 Å². The van der Waals surface area contributed by atoms with Crippen molar-refractivity contribution in [3.05, 3.63) is 71.3 Å². The van der Waals surface area contributed by atoms with Crippen LogP contribution < -0.4 is 10.6 Å². The fourth-order valence-corrected chi connectivity index (χ4v) is 2.57. The summed E-state index contributed by atoms with van der Waals surface area (Å²) in [4.78, 5) is 4.61. The topological polar surface area (TPSA) is 65.9 Å². The number of nitrogens with zero attached hydrogens (tertiary/aromatic N) is 1. The van der Waals surface area contributed by atoms with E-state index in [1.807, 2.05) is 37.3 Å². The largest absolute Gasteiger partial charge is 0.384 e. The van der Waals surface area contributed by atoms with E-state index in [1.54, 1.807) is 14.0 Å². The minimum Gasteiger partial charge on any atom is -0.384 e. The Labute approximate surface area is 156 Å². The van der Waals surface area contributed by atoms with Crippen molar-refractivity contribution in [1.29, 1.82) is 0 Å². The molecular formula is C21H29N3O2. The first-order valence-corrected chi connectivity index (χ1v) is 8.92. The molecule has 0 heterocycles. The van der Waals surface area contributed by atoms with Crippen molar-refractivity contribution < 1.29 is 9.84 Å². The quantitative estimate of drug-likeness (QED) is 0.503. The number of guanidine groups is 1. The highest BCUT2D eigenvalue weighted by atomic mass is 16.5. The number of nitrogens with one attached hydrogen (secondary N) is 2. The Morgan fingerprint density at radius 1 is 1.04 bits per heavy atom. The Kier molecular flexibility index (Phi) is 7.63. The normalized spacial score (nSPS) is 13.9. The molecule has 3 N–H and O–H groups in total. The summed E-state index contributed by atoms with van der Waals surface area (Å²) in [6, 6.07) is 17.9. The van der Waals surface area contributed by atoms with Crippen LogP contribution in [0, 0.1) is 0 Å². The summed E-state index contributed by atoms with van der Waals surface area (Å²) in [5.74, 6) is 0.685. The lowest BCUT2D eigenvalue weighted by Gasteiger charge is -2.25. The molecule has 2 aromatic rings. The molecule has 5 heteroatoms. The van der Waals surface area contributed by atoms with Gasteiger partial charge in [0.15, 0.2) is 5.96 Å². The second-order valence-corrected chi connectivity index (χ2v) is 6.44. The van der Waals surface area contributed by atoms with Gasteiger partial charge in [0.2, 0.25) is 0 Å². The maximum atomic E-state index is 10.7. The molecular weight excluding hydrogens is 326 g/mol. The number of methoxy groups -OCH3 is 1. The fraction of sp³-hybridized carbons (Fsp3) is 0.381. The number of aliphatic hydroxyl groups is 1. The molecule has 5 nitrogen and oxygen atoms in total. The predicted octanol–water partition coefficient (Wildman–Crippen LogP) is 2.80. The average molecular weight is 355 g/mol. The number of rotatable bonds is 8. The third kappa shape index (κ3) is 6.17. The molecule has 0 saturated carbocycles. The highest BCUT2D eigenvalue weighted by Crippen LogP contribution is 2.18. The van der Waals surface area contributed by atoms with E-state index < -0.39 is 5.60 Å². The van der Waals surface area contributed by atoms with Crippen molar-refractivity contribution in [1.82, 2.24) is 10.6 Å². The molecule has 0 radical (unpaired) electrons. The Balaban J connectivity index is 1.97. The summed E-state index contributed by atoms with van der Waals surface area (Å²) in [5, 5.41) is 17.2. The lowest BCUT2D eigenvalue weighted by atomic mass is 9.96. The highest BCUT2D eigenvalue weighted by Gasteiger charge is 2.22. The van der Waals surface area contributed by atoms with E-state index in [0.29, 0.717) is 25.7 Å². The van der Waals surface area contributed by atoms with E-state index in [4.69, 9.17) is 4.74 Å². The van der Waals surface area contributed by atoms with Gasteiger partial charge in [-0.05, 0) is 30.5 Å². The van der Waals surface area contributed by atoms with Gasteiger partial charge in [0, 0.05) is 13.7 Å². The summed E-state index contributed by atoms with van der Waals surface area (Å²) >= 11 is 0. The van der Waals surface area contributed by atoms with Crippen LogP contribution >= 0.6 is 0 Å². The number of ether oxygens (including phenoxy) is 1. The number of hydrogen-bond donors (Lipinski definition) is 3. The Hall–Kier alpha value is -2.37. The van der Waals surface area contributed by atoms with Gasteiger partial charge in [-0.15, -0.1) is 0 Å². The molecule has 0 spiro atoms. The van der Waals surface area contributed by atoms with Gasteiger partial charge in [-0.25, -0.2) is 4.99 Å². The van der Waals surface area contributed by atoms with Crippen LogP contribution in [0.5, 0.6) is 0 Å². The van der Waals surface area contributed by atoms with E-state index >= 15 is 0 Å². The zero-order valence-corrected chi connectivity index (χ0v) is 15.8. The molecule has 0 saturated heterocycles. The summed E-state index contributed by atoms with van der Waals surface area (Å²) in [7, 11) is 1.69. The first kappa shape index (κ1) is 19.9. The van der Waals surface area contributed by atoms with Gasteiger partial charge in [-0.3, -0.25) is 0 Å². The minimum atomic E-state index is -0.973. The van der Waals surface area contributed by atoms with Gasteiger partial charge in [0.1, 0.15) is 5.60 Å².